The van der Waals surface area contributed by atoms with Crippen molar-refractivity contribution >= 4 is 11.8 Å². The van der Waals surface area contributed by atoms with Crippen LogP contribution in [0.1, 0.15) is 61.2 Å². The summed E-state index contributed by atoms with van der Waals surface area (Å²) >= 11 is 0. The predicted octanol–water partition coefficient (Wildman–Crippen LogP) is 3.05. The highest BCUT2D eigenvalue weighted by Gasteiger charge is 2.31. The molecule has 2 aliphatic carbocycles. The van der Waals surface area contributed by atoms with E-state index in [-0.39, 0.29) is 0 Å². The predicted molar refractivity (Wildman–Crippen MR) is 102 cm³/mol. The van der Waals surface area contributed by atoms with E-state index in [1.165, 1.54) is 37.8 Å². The molecule has 26 heavy (non-hydrogen) atoms. The van der Waals surface area contributed by atoms with E-state index in [1.807, 2.05) is 19.2 Å². The Hall–Kier alpha value is -2.24. The Labute approximate surface area is 154 Å². The second kappa shape index (κ2) is 6.49. The SMILES string of the molecule is Cc1ccnc(N2CCN(c3cc(C4CCC4)nc(C4CC4)n3)CC2)n1. The first-order valence-corrected chi connectivity index (χ1v) is 9.95. The van der Waals surface area contributed by atoms with Gasteiger partial charge < -0.3 is 9.80 Å². The first-order chi connectivity index (χ1) is 12.8. The molecule has 0 atom stereocenters. The van der Waals surface area contributed by atoms with Gasteiger partial charge in [-0.15, -0.1) is 0 Å². The van der Waals surface area contributed by atoms with Crippen LogP contribution in [0.15, 0.2) is 18.3 Å². The largest absolute Gasteiger partial charge is 0.353 e. The van der Waals surface area contributed by atoms with Crippen molar-refractivity contribution in [3.63, 3.8) is 0 Å². The fourth-order valence-corrected chi connectivity index (χ4v) is 3.79. The van der Waals surface area contributed by atoms with Crippen LogP contribution in [0.2, 0.25) is 0 Å². The molecule has 3 aliphatic rings. The molecular weight excluding hydrogens is 324 g/mol. The maximum Gasteiger partial charge on any atom is 0.225 e. The van der Waals surface area contributed by atoms with Crippen molar-refractivity contribution in [2.45, 2.75) is 50.9 Å². The number of aromatic nitrogens is 4. The van der Waals surface area contributed by atoms with Crippen LogP contribution in [0, 0.1) is 6.92 Å². The average Bonchev–Trinajstić information content (AvgIpc) is 3.45. The van der Waals surface area contributed by atoms with Gasteiger partial charge in [-0.2, -0.15) is 0 Å². The molecule has 1 saturated heterocycles. The summed E-state index contributed by atoms with van der Waals surface area (Å²) in [4.78, 5) is 23.5. The van der Waals surface area contributed by atoms with Crippen molar-refractivity contribution in [2.75, 3.05) is 36.0 Å². The van der Waals surface area contributed by atoms with E-state index in [0.717, 1.165) is 49.5 Å². The lowest BCUT2D eigenvalue weighted by atomic mass is 9.83. The molecule has 0 N–H and O–H groups in total. The van der Waals surface area contributed by atoms with Crippen LogP contribution < -0.4 is 9.80 Å². The molecule has 2 aromatic heterocycles. The van der Waals surface area contributed by atoms with Crippen molar-refractivity contribution in [1.29, 1.82) is 0 Å². The van der Waals surface area contributed by atoms with Crippen molar-refractivity contribution in [1.82, 2.24) is 19.9 Å². The van der Waals surface area contributed by atoms with E-state index in [0.29, 0.717) is 11.8 Å². The quantitative estimate of drug-likeness (QED) is 0.845. The summed E-state index contributed by atoms with van der Waals surface area (Å²) in [5.41, 5.74) is 2.31. The third kappa shape index (κ3) is 3.13. The van der Waals surface area contributed by atoms with Gasteiger partial charge in [0.05, 0.1) is 0 Å². The van der Waals surface area contributed by atoms with Crippen molar-refractivity contribution in [2.24, 2.45) is 0 Å². The van der Waals surface area contributed by atoms with Crippen LogP contribution in [0.25, 0.3) is 0 Å². The van der Waals surface area contributed by atoms with Gasteiger partial charge in [0.15, 0.2) is 0 Å². The number of rotatable bonds is 4. The lowest BCUT2D eigenvalue weighted by molar-refractivity contribution is 0.409. The van der Waals surface area contributed by atoms with Gasteiger partial charge in [0.25, 0.3) is 0 Å². The molecule has 0 aromatic carbocycles. The van der Waals surface area contributed by atoms with Crippen LogP contribution in [0.4, 0.5) is 11.8 Å². The molecule has 3 fully saturated rings. The van der Waals surface area contributed by atoms with Crippen molar-refractivity contribution < 1.29 is 0 Å². The molecule has 6 nitrogen and oxygen atoms in total. The molecule has 1 aliphatic heterocycles. The highest BCUT2D eigenvalue weighted by Crippen LogP contribution is 2.41. The highest BCUT2D eigenvalue weighted by atomic mass is 15.3. The molecule has 0 unspecified atom stereocenters. The molecule has 0 amide bonds. The van der Waals surface area contributed by atoms with E-state index in [9.17, 15) is 0 Å². The van der Waals surface area contributed by atoms with Gasteiger partial charge in [0.2, 0.25) is 5.95 Å². The fourth-order valence-electron chi connectivity index (χ4n) is 3.79. The number of anilines is 2. The van der Waals surface area contributed by atoms with Gasteiger partial charge in [-0.25, -0.2) is 19.9 Å². The van der Waals surface area contributed by atoms with Gasteiger partial charge in [-0.1, -0.05) is 6.42 Å². The van der Waals surface area contributed by atoms with Gasteiger partial charge in [0.1, 0.15) is 11.6 Å². The Balaban J connectivity index is 1.33. The van der Waals surface area contributed by atoms with E-state index in [4.69, 9.17) is 9.97 Å². The van der Waals surface area contributed by atoms with Crippen LogP contribution in [0.3, 0.4) is 0 Å². The van der Waals surface area contributed by atoms with E-state index >= 15 is 0 Å². The summed E-state index contributed by atoms with van der Waals surface area (Å²) in [7, 11) is 0. The lowest BCUT2D eigenvalue weighted by Crippen LogP contribution is -2.47. The second-order valence-electron chi connectivity index (χ2n) is 7.88. The molecular formula is C20H26N6. The normalized spacial score (nSPS) is 21.0. The lowest BCUT2D eigenvalue weighted by Gasteiger charge is -2.36. The average molecular weight is 350 g/mol. The number of hydrogen-bond acceptors (Lipinski definition) is 6. The third-order valence-corrected chi connectivity index (χ3v) is 5.88. The first-order valence-electron chi connectivity index (χ1n) is 9.95. The Morgan fingerprint density at radius 2 is 1.65 bits per heavy atom. The fraction of sp³-hybridized carbons (Fsp3) is 0.600. The van der Waals surface area contributed by atoms with E-state index < -0.39 is 0 Å². The van der Waals surface area contributed by atoms with Crippen LogP contribution in [-0.4, -0.2) is 46.1 Å². The minimum Gasteiger partial charge on any atom is -0.353 e. The third-order valence-electron chi connectivity index (χ3n) is 5.88. The second-order valence-corrected chi connectivity index (χ2v) is 7.88. The molecule has 6 heteroatoms. The number of aryl methyl sites for hydroxylation is 1. The molecule has 2 aromatic rings. The highest BCUT2D eigenvalue weighted by molar-refractivity contribution is 5.45. The molecule has 0 bridgehead atoms. The number of nitrogens with zero attached hydrogens (tertiary/aromatic N) is 6. The Morgan fingerprint density at radius 3 is 2.31 bits per heavy atom. The number of piperazine rings is 1. The summed E-state index contributed by atoms with van der Waals surface area (Å²) in [6.07, 6.45) is 8.29. The standard InChI is InChI=1S/C20H26N6/c1-14-7-8-21-20(22-14)26-11-9-25(10-12-26)18-13-17(15-3-2-4-15)23-19(24-18)16-5-6-16/h7-8,13,15-16H,2-6,9-12H2,1H3. The smallest absolute Gasteiger partial charge is 0.225 e. The minimum atomic E-state index is 0.607. The Kier molecular flexibility index (Phi) is 3.98. The molecule has 0 radical (unpaired) electrons. The molecule has 3 heterocycles. The van der Waals surface area contributed by atoms with Crippen LogP contribution in [-0.2, 0) is 0 Å². The summed E-state index contributed by atoms with van der Waals surface area (Å²) in [6.45, 7) is 5.81. The van der Waals surface area contributed by atoms with E-state index in [1.54, 1.807) is 0 Å². The summed E-state index contributed by atoms with van der Waals surface area (Å²) in [6, 6.07) is 4.20. The van der Waals surface area contributed by atoms with Gasteiger partial charge >= 0.3 is 0 Å². The van der Waals surface area contributed by atoms with Gasteiger partial charge in [-0.3, -0.25) is 0 Å². The van der Waals surface area contributed by atoms with Crippen LogP contribution >= 0.6 is 0 Å². The molecule has 5 rings (SSSR count). The van der Waals surface area contributed by atoms with Crippen LogP contribution in [0.5, 0.6) is 0 Å². The molecule has 136 valence electrons. The number of hydrogen-bond donors (Lipinski definition) is 0. The molecule has 2 saturated carbocycles. The van der Waals surface area contributed by atoms with Gasteiger partial charge in [0, 0.05) is 61.7 Å². The maximum atomic E-state index is 4.94. The minimum absolute atomic E-state index is 0.607. The van der Waals surface area contributed by atoms with Crippen molar-refractivity contribution in [3.05, 3.63) is 35.5 Å². The summed E-state index contributed by atoms with van der Waals surface area (Å²) in [5.74, 6) is 4.34. The summed E-state index contributed by atoms with van der Waals surface area (Å²) < 4.78 is 0. The summed E-state index contributed by atoms with van der Waals surface area (Å²) in [5, 5.41) is 0. The maximum absolute atomic E-state index is 4.94. The zero-order valence-corrected chi connectivity index (χ0v) is 15.4. The monoisotopic (exact) mass is 350 g/mol. The topological polar surface area (TPSA) is 58.0 Å². The molecule has 0 spiro atoms. The first kappa shape index (κ1) is 16.0. The Bertz CT molecular complexity index is 791. The zero-order chi connectivity index (χ0) is 17.5. The van der Waals surface area contributed by atoms with E-state index in [2.05, 4.69) is 25.8 Å². The van der Waals surface area contributed by atoms with Gasteiger partial charge in [-0.05, 0) is 38.7 Å². The zero-order valence-electron chi connectivity index (χ0n) is 15.4. The van der Waals surface area contributed by atoms with Crippen molar-refractivity contribution in [3.8, 4) is 0 Å². The Morgan fingerprint density at radius 1 is 0.885 bits per heavy atom.